The van der Waals surface area contributed by atoms with Crippen LogP contribution in [-0.2, 0) is 0 Å². The number of nitrogens with two attached hydrogens (primary N) is 1. The second kappa shape index (κ2) is 6.79. The summed E-state index contributed by atoms with van der Waals surface area (Å²) in [7, 11) is 1.62. The first kappa shape index (κ1) is 16.0. The van der Waals surface area contributed by atoms with Crippen LogP contribution in [0.25, 0.3) is 11.0 Å². The van der Waals surface area contributed by atoms with Gasteiger partial charge in [-0.2, -0.15) is 0 Å². The third-order valence-electron chi connectivity index (χ3n) is 4.60. The van der Waals surface area contributed by atoms with Crippen LogP contribution in [0.1, 0.15) is 24.3 Å². The maximum absolute atomic E-state index is 5.96. The van der Waals surface area contributed by atoms with E-state index in [-0.39, 0.29) is 0 Å². The van der Waals surface area contributed by atoms with Crippen LogP contribution in [0.2, 0.25) is 0 Å². The Morgan fingerprint density at radius 2 is 2.17 bits per heavy atom. The van der Waals surface area contributed by atoms with Gasteiger partial charge in [-0.3, -0.25) is 3.97 Å². The molecular formula is C17H18IN5S. The molecular weight excluding hydrogens is 433 g/mol. The topological polar surface area (TPSA) is 60.0 Å². The summed E-state index contributed by atoms with van der Waals surface area (Å²) in [5.74, 6) is 1.53. The van der Waals surface area contributed by atoms with Gasteiger partial charge in [-0.25, -0.2) is 9.97 Å². The summed E-state index contributed by atoms with van der Waals surface area (Å²) in [6.45, 7) is 2.01. The highest BCUT2D eigenvalue weighted by Crippen LogP contribution is 2.34. The zero-order valence-electron chi connectivity index (χ0n) is 13.1. The Labute approximate surface area is 157 Å². The van der Waals surface area contributed by atoms with Crippen molar-refractivity contribution >= 4 is 52.9 Å². The molecule has 1 aromatic carbocycles. The molecule has 0 radical (unpaired) electrons. The largest absolute Gasteiger partial charge is 0.399 e. The summed E-state index contributed by atoms with van der Waals surface area (Å²) in [6.07, 6.45) is 6.08. The van der Waals surface area contributed by atoms with Gasteiger partial charge in [0.1, 0.15) is 12.1 Å². The molecule has 1 unspecified atom stereocenters. The predicted octanol–water partition coefficient (Wildman–Crippen LogP) is 4.24. The monoisotopic (exact) mass is 451 g/mol. The van der Waals surface area contributed by atoms with E-state index in [9.17, 15) is 0 Å². The smallest absolute Gasteiger partial charge is 0.156 e. The molecule has 4 rings (SSSR count). The predicted molar refractivity (Wildman–Crippen MR) is 110 cm³/mol. The number of anilines is 2. The number of benzene rings is 1. The van der Waals surface area contributed by atoms with E-state index in [4.69, 9.17) is 5.73 Å². The normalized spacial score (nSPS) is 18.2. The van der Waals surface area contributed by atoms with Crippen LogP contribution >= 0.6 is 30.3 Å². The van der Waals surface area contributed by atoms with E-state index >= 15 is 0 Å². The summed E-state index contributed by atoms with van der Waals surface area (Å²) in [5, 5.41) is 1.12. The first-order chi connectivity index (χ1) is 11.8. The molecule has 0 saturated carbocycles. The fourth-order valence-corrected chi connectivity index (χ4v) is 4.75. The minimum Gasteiger partial charge on any atom is -0.399 e. The molecule has 0 bridgehead atoms. The lowest BCUT2D eigenvalue weighted by Crippen LogP contribution is -2.35. The van der Waals surface area contributed by atoms with Crippen molar-refractivity contribution in [2.45, 2.75) is 18.8 Å². The third-order valence-corrected chi connectivity index (χ3v) is 6.32. The van der Waals surface area contributed by atoms with E-state index in [1.54, 1.807) is 15.4 Å². The van der Waals surface area contributed by atoms with Crippen LogP contribution in [0.15, 0.2) is 42.9 Å². The number of nitrogen functional groups attached to an aromatic ring is 1. The number of nitrogens with zero attached hydrogens (tertiary/aromatic N) is 4. The molecule has 0 amide bonds. The number of rotatable bonds is 3. The van der Waals surface area contributed by atoms with Crippen LogP contribution in [0.3, 0.4) is 0 Å². The lowest BCUT2D eigenvalue weighted by atomic mass is 9.90. The van der Waals surface area contributed by atoms with E-state index in [0.717, 1.165) is 42.0 Å². The van der Waals surface area contributed by atoms with Gasteiger partial charge in [-0.1, -0.05) is 12.1 Å². The zero-order valence-corrected chi connectivity index (χ0v) is 16.1. The van der Waals surface area contributed by atoms with Gasteiger partial charge in [0, 0.05) is 61.2 Å². The maximum Gasteiger partial charge on any atom is 0.156 e. The molecule has 1 saturated heterocycles. The van der Waals surface area contributed by atoms with Gasteiger partial charge >= 0.3 is 0 Å². The van der Waals surface area contributed by atoms with E-state index < -0.39 is 0 Å². The molecule has 1 atom stereocenters. The van der Waals surface area contributed by atoms with Crippen LogP contribution in [0.5, 0.6) is 0 Å². The molecule has 3 aromatic rings. The van der Waals surface area contributed by atoms with Crippen LogP contribution < -0.4 is 10.6 Å². The molecule has 0 spiro atoms. The highest BCUT2D eigenvalue weighted by Gasteiger charge is 2.24. The summed E-state index contributed by atoms with van der Waals surface area (Å²) in [6, 6.07) is 10.4. The van der Waals surface area contributed by atoms with Crippen molar-refractivity contribution in [3.63, 3.8) is 0 Å². The Bertz CT molecular complexity index is 865. The van der Waals surface area contributed by atoms with Crippen LogP contribution in [-0.4, -0.2) is 27.0 Å². The fourth-order valence-electron chi connectivity index (χ4n) is 3.48. The Morgan fingerprint density at radius 1 is 1.25 bits per heavy atom. The first-order valence-electron chi connectivity index (χ1n) is 7.98. The average Bonchev–Trinajstić information content (AvgIpc) is 3.05. The fraction of sp³-hybridized carbons (Fsp3) is 0.294. The van der Waals surface area contributed by atoms with E-state index in [1.165, 1.54) is 12.0 Å². The Morgan fingerprint density at radius 3 is 3.00 bits per heavy atom. The van der Waals surface area contributed by atoms with Gasteiger partial charge in [0.15, 0.2) is 5.65 Å². The van der Waals surface area contributed by atoms with Gasteiger partial charge in [0.05, 0.1) is 5.39 Å². The lowest BCUT2D eigenvalue weighted by Gasteiger charge is -2.34. The number of fused-ring (bicyclic) bond motifs is 1. The van der Waals surface area contributed by atoms with Gasteiger partial charge in [0.2, 0.25) is 0 Å². The van der Waals surface area contributed by atoms with Crippen molar-refractivity contribution in [3.8, 4) is 0 Å². The SMILES string of the molecule is Nc1cccc(C2CCCN(c3ncnc4c3ccn4SI)C2)c1. The quantitative estimate of drug-likeness (QED) is 0.477. The number of halogens is 1. The lowest BCUT2D eigenvalue weighted by molar-refractivity contribution is 0.508. The van der Waals surface area contributed by atoms with Gasteiger partial charge in [-0.15, -0.1) is 0 Å². The molecule has 0 aliphatic carbocycles. The van der Waals surface area contributed by atoms with Gasteiger partial charge in [-0.05, 0) is 36.6 Å². The number of hydrogen-bond acceptors (Lipinski definition) is 5. The Kier molecular flexibility index (Phi) is 4.53. The van der Waals surface area contributed by atoms with Crippen molar-refractivity contribution in [1.29, 1.82) is 0 Å². The van der Waals surface area contributed by atoms with Gasteiger partial charge in [0.25, 0.3) is 0 Å². The molecule has 3 heterocycles. The average molecular weight is 451 g/mol. The van der Waals surface area contributed by atoms with E-state index in [1.807, 2.05) is 12.1 Å². The van der Waals surface area contributed by atoms with Crippen molar-refractivity contribution in [2.75, 3.05) is 23.7 Å². The van der Waals surface area contributed by atoms with Crippen LogP contribution in [0, 0.1) is 0 Å². The molecule has 1 aliphatic rings. The third kappa shape index (κ3) is 2.95. The molecule has 124 valence electrons. The minimum absolute atomic E-state index is 0.494. The number of piperidine rings is 1. The minimum atomic E-state index is 0.494. The standard InChI is InChI=1S/C17H18IN5S/c18-24-23-8-6-15-16(20-11-21-17(15)23)22-7-2-4-13(10-22)12-3-1-5-14(19)9-12/h1,3,5-6,8-9,11,13H,2,4,7,10,19H2. The second-order valence-corrected chi connectivity index (χ2v) is 7.81. The molecule has 5 nitrogen and oxygen atoms in total. The summed E-state index contributed by atoms with van der Waals surface area (Å²) in [5.41, 5.74) is 9.10. The summed E-state index contributed by atoms with van der Waals surface area (Å²) >= 11 is 2.27. The summed E-state index contributed by atoms with van der Waals surface area (Å²) in [4.78, 5) is 11.4. The molecule has 24 heavy (non-hydrogen) atoms. The van der Waals surface area contributed by atoms with Crippen molar-refractivity contribution < 1.29 is 0 Å². The first-order valence-corrected chi connectivity index (χ1v) is 11.3. The maximum atomic E-state index is 5.96. The van der Waals surface area contributed by atoms with Crippen molar-refractivity contribution in [1.82, 2.24) is 13.9 Å². The van der Waals surface area contributed by atoms with E-state index in [0.29, 0.717) is 5.92 Å². The van der Waals surface area contributed by atoms with Gasteiger partial charge < -0.3 is 10.6 Å². The number of hydrogen-bond donors (Lipinski definition) is 1. The Hall–Kier alpha value is -1.48. The highest BCUT2D eigenvalue weighted by atomic mass is 127. The highest BCUT2D eigenvalue weighted by molar-refractivity contribution is 14.2. The number of aromatic nitrogens is 3. The van der Waals surface area contributed by atoms with E-state index in [2.05, 4.69) is 64.4 Å². The second-order valence-electron chi connectivity index (χ2n) is 6.10. The summed E-state index contributed by atoms with van der Waals surface area (Å²) < 4.78 is 2.07. The molecule has 2 N–H and O–H groups in total. The zero-order chi connectivity index (χ0) is 16.5. The molecule has 1 aliphatic heterocycles. The molecule has 2 aromatic heterocycles. The van der Waals surface area contributed by atoms with Crippen LogP contribution in [0.4, 0.5) is 11.5 Å². The molecule has 7 heteroatoms. The van der Waals surface area contributed by atoms with Crippen molar-refractivity contribution in [2.24, 2.45) is 0 Å². The molecule has 1 fully saturated rings. The van der Waals surface area contributed by atoms with Crippen molar-refractivity contribution in [3.05, 3.63) is 48.4 Å². The Balaban J connectivity index is 1.66.